The van der Waals surface area contributed by atoms with Gasteiger partial charge >= 0.3 is 12.0 Å². The molecule has 0 aromatic heterocycles. The van der Waals surface area contributed by atoms with Crippen LogP contribution in [0.1, 0.15) is 65.7 Å². The third kappa shape index (κ3) is 5.21. The molecule has 0 atom stereocenters. The monoisotopic (exact) mass is 373 g/mol. The van der Waals surface area contributed by atoms with Crippen LogP contribution in [0.5, 0.6) is 0 Å². The van der Waals surface area contributed by atoms with Crippen molar-refractivity contribution in [3.63, 3.8) is 0 Å². The van der Waals surface area contributed by atoms with E-state index in [2.05, 4.69) is 10.6 Å². The van der Waals surface area contributed by atoms with Crippen LogP contribution in [-0.2, 0) is 0 Å². The second-order valence-corrected chi connectivity index (χ2v) is 7.40. The second-order valence-electron chi connectivity index (χ2n) is 7.40. The maximum absolute atomic E-state index is 12.6. The highest BCUT2D eigenvalue weighted by atomic mass is 16.4. The van der Waals surface area contributed by atoms with Gasteiger partial charge in [-0.25, -0.2) is 9.59 Å². The number of carboxylic acid groups (broad SMARTS) is 1. The van der Waals surface area contributed by atoms with Crippen molar-refractivity contribution >= 4 is 17.9 Å². The van der Waals surface area contributed by atoms with Gasteiger partial charge in [-0.1, -0.05) is 19.3 Å². The summed E-state index contributed by atoms with van der Waals surface area (Å²) in [7, 11) is 0. The first-order chi connectivity index (χ1) is 13.0. The molecule has 2 fully saturated rings. The fourth-order valence-corrected chi connectivity index (χ4v) is 3.82. The molecule has 146 valence electrons. The van der Waals surface area contributed by atoms with E-state index in [4.69, 9.17) is 5.11 Å². The Kier molecular flexibility index (Phi) is 6.32. The molecule has 7 heteroatoms. The third-order valence-electron chi connectivity index (χ3n) is 5.44. The molecular weight excluding hydrogens is 346 g/mol. The molecule has 3 amide bonds. The molecule has 1 aromatic rings. The van der Waals surface area contributed by atoms with Crippen LogP contribution in [0.15, 0.2) is 24.3 Å². The minimum absolute atomic E-state index is 0.0760. The van der Waals surface area contributed by atoms with Crippen LogP contribution in [0.3, 0.4) is 0 Å². The first-order valence-corrected chi connectivity index (χ1v) is 9.72. The van der Waals surface area contributed by atoms with E-state index in [0.717, 1.165) is 25.7 Å². The van der Waals surface area contributed by atoms with E-state index in [0.29, 0.717) is 18.7 Å². The number of carboxylic acids is 1. The van der Waals surface area contributed by atoms with E-state index in [-0.39, 0.29) is 29.6 Å². The molecule has 3 rings (SSSR count). The minimum Gasteiger partial charge on any atom is -0.478 e. The van der Waals surface area contributed by atoms with Gasteiger partial charge in [-0.3, -0.25) is 4.79 Å². The molecule has 1 heterocycles. The van der Waals surface area contributed by atoms with E-state index < -0.39 is 5.97 Å². The zero-order valence-electron chi connectivity index (χ0n) is 15.4. The largest absolute Gasteiger partial charge is 0.478 e. The van der Waals surface area contributed by atoms with Crippen LogP contribution in [0.25, 0.3) is 0 Å². The van der Waals surface area contributed by atoms with Crippen molar-refractivity contribution in [1.82, 2.24) is 15.5 Å². The summed E-state index contributed by atoms with van der Waals surface area (Å²) in [6.07, 6.45) is 7.17. The number of rotatable bonds is 4. The van der Waals surface area contributed by atoms with Gasteiger partial charge in [0.05, 0.1) is 5.56 Å². The Morgan fingerprint density at radius 2 is 1.33 bits per heavy atom. The molecule has 0 unspecified atom stereocenters. The number of likely N-dealkylation sites (tertiary alicyclic amines) is 1. The van der Waals surface area contributed by atoms with Crippen molar-refractivity contribution in [3.8, 4) is 0 Å². The second kappa shape index (κ2) is 8.88. The minimum atomic E-state index is -1.01. The summed E-state index contributed by atoms with van der Waals surface area (Å²) in [4.78, 5) is 37.4. The average Bonchev–Trinajstić information content (AvgIpc) is 2.69. The van der Waals surface area contributed by atoms with Gasteiger partial charge < -0.3 is 20.6 Å². The predicted octanol–water partition coefficient (Wildman–Crippen LogP) is 2.62. The highest BCUT2D eigenvalue weighted by Gasteiger charge is 2.25. The number of nitrogens with one attached hydrogen (secondary N) is 2. The number of piperidine rings is 1. The SMILES string of the molecule is O=C(NC1CCCCC1)NC1CCN(C(=O)c2ccc(C(=O)O)cc2)CC1. The van der Waals surface area contributed by atoms with Gasteiger partial charge in [0.15, 0.2) is 0 Å². The Balaban J connectivity index is 1.44. The van der Waals surface area contributed by atoms with Gasteiger partial charge in [-0.2, -0.15) is 0 Å². The summed E-state index contributed by atoms with van der Waals surface area (Å²) >= 11 is 0. The highest BCUT2D eigenvalue weighted by molar-refractivity contribution is 5.96. The molecule has 0 spiro atoms. The van der Waals surface area contributed by atoms with E-state index in [9.17, 15) is 14.4 Å². The van der Waals surface area contributed by atoms with Crippen molar-refractivity contribution in [2.24, 2.45) is 0 Å². The van der Waals surface area contributed by atoms with Crippen molar-refractivity contribution in [2.45, 2.75) is 57.0 Å². The van der Waals surface area contributed by atoms with Crippen LogP contribution in [-0.4, -0.2) is 53.1 Å². The molecule has 27 heavy (non-hydrogen) atoms. The zero-order chi connectivity index (χ0) is 19.2. The van der Waals surface area contributed by atoms with Gasteiger partial charge in [0.25, 0.3) is 5.91 Å². The summed E-state index contributed by atoms with van der Waals surface area (Å²) in [6.45, 7) is 1.15. The van der Waals surface area contributed by atoms with Crippen LogP contribution in [0.2, 0.25) is 0 Å². The summed E-state index contributed by atoms with van der Waals surface area (Å²) in [5.41, 5.74) is 0.653. The standard InChI is InChI=1S/C20H27N3O4/c24-18(14-6-8-15(9-7-14)19(25)26)23-12-10-17(11-13-23)22-20(27)21-16-4-2-1-3-5-16/h6-9,16-17H,1-5,10-13H2,(H,25,26)(H2,21,22,27). The van der Waals surface area contributed by atoms with Crippen LogP contribution in [0, 0.1) is 0 Å². The molecule has 3 N–H and O–H groups in total. The average molecular weight is 373 g/mol. The number of carbonyl (C=O) groups is 3. The van der Waals surface area contributed by atoms with Crippen molar-refractivity contribution in [1.29, 1.82) is 0 Å². The Hall–Kier alpha value is -2.57. The van der Waals surface area contributed by atoms with Crippen molar-refractivity contribution in [2.75, 3.05) is 13.1 Å². The molecule has 1 aliphatic carbocycles. The number of amides is 3. The van der Waals surface area contributed by atoms with Crippen molar-refractivity contribution < 1.29 is 19.5 Å². The van der Waals surface area contributed by atoms with E-state index in [1.807, 2.05) is 0 Å². The van der Waals surface area contributed by atoms with Crippen LogP contribution >= 0.6 is 0 Å². The van der Waals surface area contributed by atoms with Crippen molar-refractivity contribution in [3.05, 3.63) is 35.4 Å². The normalized spacial score (nSPS) is 18.7. The molecule has 0 bridgehead atoms. The fourth-order valence-electron chi connectivity index (χ4n) is 3.82. The Morgan fingerprint density at radius 3 is 1.89 bits per heavy atom. The number of urea groups is 1. The maximum atomic E-state index is 12.6. The summed E-state index contributed by atoms with van der Waals surface area (Å²) < 4.78 is 0. The molecular formula is C20H27N3O4. The Labute approximate surface area is 159 Å². The Morgan fingerprint density at radius 1 is 0.815 bits per heavy atom. The number of carbonyl (C=O) groups excluding carboxylic acids is 2. The lowest BCUT2D eigenvalue weighted by molar-refractivity contribution is 0.0687. The summed E-state index contributed by atoms with van der Waals surface area (Å²) in [5.74, 6) is -1.11. The number of benzene rings is 1. The van der Waals surface area contributed by atoms with E-state index in [1.54, 1.807) is 17.0 Å². The number of nitrogens with zero attached hydrogens (tertiary/aromatic N) is 1. The lowest BCUT2D eigenvalue weighted by Crippen LogP contribution is -2.51. The lowest BCUT2D eigenvalue weighted by Gasteiger charge is -2.33. The van der Waals surface area contributed by atoms with E-state index >= 15 is 0 Å². The molecule has 1 aromatic carbocycles. The first kappa shape index (κ1) is 19.2. The third-order valence-corrected chi connectivity index (χ3v) is 5.44. The van der Waals surface area contributed by atoms with E-state index in [1.165, 1.54) is 31.4 Å². The molecule has 1 saturated carbocycles. The smallest absolute Gasteiger partial charge is 0.335 e. The highest BCUT2D eigenvalue weighted by Crippen LogP contribution is 2.18. The fraction of sp³-hybridized carbons (Fsp3) is 0.550. The van der Waals surface area contributed by atoms with Gasteiger partial charge in [0.2, 0.25) is 0 Å². The van der Waals surface area contributed by atoms with Gasteiger partial charge in [0.1, 0.15) is 0 Å². The molecule has 2 aliphatic rings. The topological polar surface area (TPSA) is 98.7 Å². The maximum Gasteiger partial charge on any atom is 0.335 e. The molecule has 0 radical (unpaired) electrons. The van der Waals surface area contributed by atoms with Crippen LogP contribution in [0.4, 0.5) is 4.79 Å². The molecule has 7 nitrogen and oxygen atoms in total. The first-order valence-electron chi connectivity index (χ1n) is 9.72. The number of hydrogen-bond donors (Lipinski definition) is 3. The van der Waals surface area contributed by atoms with Gasteiger partial charge in [-0.05, 0) is 49.9 Å². The predicted molar refractivity (Wildman–Crippen MR) is 101 cm³/mol. The zero-order valence-corrected chi connectivity index (χ0v) is 15.4. The van der Waals surface area contributed by atoms with Gasteiger partial charge in [-0.15, -0.1) is 0 Å². The number of hydrogen-bond acceptors (Lipinski definition) is 3. The lowest BCUT2D eigenvalue weighted by atomic mass is 9.96. The quantitative estimate of drug-likeness (QED) is 0.755. The Bertz CT molecular complexity index is 675. The summed E-state index contributed by atoms with van der Waals surface area (Å²) in [5, 5.41) is 15.0. The van der Waals surface area contributed by atoms with Gasteiger partial charge in [0, 0.05) is 30.7 Å². The molecule has 1 aliphatic heterocycles. The summed E-state index contributed by atoms with van der Waals surface area (Å²) in [6, 6.07) is 6.25. The van der Waals surface area contributed by atoms with Crippen LogP contribution < -0.4 is 10.6 Å². The number of aromatic carboxylic acids is 1. The molecule has 1 saturated heterocycles.